The summed E-state index contributed by atoms with van der Waals surface area (Å²) in [6.07, 6.45) is 0. The molecule has 1 heterocycles. The van der Waals surface area contributed by atoms with E-state index in [1.807, 2.05) is 24.3 Å². The molecule has 12 heteroatoms. The first-order valence-corrected chi connectivity index (χ1v) is 12.4. The van der Waals surface area contributed by atoms with Crippen LogP contribution >= 0.6 is 11.3 Å². The highest BCUT2D eigenvalue weighted by atomic mass is 32.2. The highest BCUT2D eigenvalue weighted by Gasteiger charge is 2.20. The third-order valence-corrected chi connectivity index (χ3v) is 7.32. The maximum absolute atomic E-state index is 11.8. The lowest BCUT2D eigenvalue weighted by molar-refractivity contribution is 0.478. The summed E-state index contributed by atoms with van der Waals surface area (Å²) in [5.41, 5.74) is 7.49. The largest absolute Gasteiger partial charge is 0.326 e. The van der Waals surface area contributed by atoms with E-state index in [1.54, 1.807) is 12.1 Å². The standard InChI is InChI=1S/C19H15N3O6S3/c20-10-11-7-15-18(29-17-4-2-1-3-13(17)21-15)9-14(11)22-16-8-12(30(23,24)25)5-6-19(16)31(26,27)28/h1-9H,10,20H2,(H,23,24,25)(H,26,27,28). The molecule has 4 N–H and O–H groups in total. The van der Waals surface area contributed by atoms with Crippen LogP contribution in [0.25, 0.3) is 20.8 Å². The SMILES string of the molecule is NCc1cc2nc3ccccc3sc-2cc1=Nc1cc(S(=O)(=O)O)ccc1S(=O)(=O)O. The quantitative estimate of drug-likeness (QED) is 0.299. The fourth-order valence-electron chi connectivity index (χ4n) is 3.01. The summed E-state index contributed by atoms with van der Waals surface area (Å²) in [5.74, 6) is 0. The van der Waals surface area contributed by atoms with Crippen molar-refractivity contribution < 1.29 is 25.9 Å². The first kappa shape index (κ1) is 21.5. The Balaban J connectivity index is 2.05. The Kier molecular flexibility index (Phi) is 5.37. The van der Waals surface area contributed by atoms with E-state index in [0.717, 1.165) is 33.3 Å². The maximum Gasteiger partial charge on any atom is 0.296 e. The van der Waals surface area contributed by atoms with Crippen molar-refractivity contribution in [3.05, 3.63) is 65.5 Å². The van der Waals surface area contributed by atoms with E-state index < -0.39 is 30.0 Å². The minimum atomic E-state index is -4.72. The zero-order valence-corrected chi connectivity index (χ0v) is 18.1. The summed E-state index contributed by atoms with van der Waals surface area (Å²) in [4.78, 5) is 8.44. The number of para-hydroxylation sites is 1. The van der Waals surface area contributed by atoms with Crippen LogP contribution in [0.5, 0.6) is 0 Å². The lowest BCUT2D eigenvalue weighted by Crippen LogP contribution is -2.15. The van der Waals surface area contributed by atoms with Crippen molar-refractivity contribution in [2.45, 2.75) is 16.3 Å². The molecule has 0 bridgehead atoms. The molecule has 2 aromatic carbocycles. The number of hydrogen-bond acceptors (Lipinski definition) is 8. The average Bonchev–Trinajstić information content (AvgIpc) is 2.70. The zero-order chi connectivity index (χ0) is 22.4. The van der Waals surface area contributed by atoms with Crippen molar-refractivity contribution in [3.63, 3.8) is 0 Å². The highest BCUT2D eigenvalue weighted by Crippen LogP contribution is 2.31. The van der Waals surface area contributed by atoms with Crippen molar-refractivity contribution in [1.82, 2.24) is 4.98 Å². The van der Waals surface area contributed by atoms with Crippen molar-refractivity contribution in [3.8, 4) is 10.6 Å². The average molecular weight is 478 g/mol. The minimum Gasteiger partial charge on any atom is -0.326 e. The van der Waals surface area contributed by atoms with E-state index in [0.29, 0.717) is 11.3 Å². The summed E-state index contributed by atoms with van der Waals surface area (Å²) in [6, 6.07) is 13.5. The van der Waals surface area contributed by atoms with Gasteiger partial charge in [0, 0.05) is 6.54 Å². The van der Waals surface area contributed by atoms with Gasteiger partial charge in [-0.25, -0.2) is 9.98 Å². The van der Waals surface area contributed by atoms with Crippen molar-refractivity contribution in [1.29, 1.82) is 0 Å². The topological polar surface area (TPSA) is 160 Å². The normalized spacial score (nSPS) is 13.2. The molecule has 0 spiro atoms. The van der Waals surface area contributed by atoms with Gasteiger partial charge in [-0.05, 0) is 48.0 Å². The monoisotopic (exact) mass is 477 g/mol. The number of nitrogens with zero attached hydrogens (tertiary/aromatic N) is 2. The molecule has 0 fully saturated rings. The molecule has 0 radical (unpaired) electrons. The number of benzene rings is 3. The van der Waals surface area contributed by atoms with Gasteiger partial charge in [0.2, 0.25) is 0 Å². The van der Waals surface area contributed by atoms with Crippen LogP contribution in [0.4, 0.5) is 5.69 Å². The van der Waals surface area contributed by atoms with Gasteiger partial charge in [0.15, 0.2) is 0 Å². The van der Waals surface area contributed by atoms with Gasteiger partial charge in [-0.15, -0.1) is 11.3 Å². The minimum absolute atomic E-state index is 0.0488. The predicted octanol–water partition coefficient (Wildman–Crippen LogP) is 2.59. The van der Waals surface area contributed by atoms with Crippen LogP contribution in [0.1, 0.15) is 5.56 Å². The molecule has 0 aromatic heterocycles. The predicted molar refractivity (Wildman–Crippen MR) is 115 cm³/mol. The van der Waals surface area contributed by atoms with E-state index in [2.05, 4.69) is 9.98 Å². The lowest BCUT2D eigenvalue weighted by Gasteiger charge is -2.10. The molecule has 9 nitrogen and oxygen atoms in total. The number of nitrogens with two attached hydrogens (primary N) is 1. The van der Waals surface area contributed by atoms with Crippen molar-refractivity contribution in [2.75, 3.05) is 0 Å². The highest BCUT2D eigenvalue weighted by molar-refractivity contribution is 7.86. The van der Waals surface area contributed by atoms with Crippen molar-refractivity contribution in [2.24, 2.45) is 10.7 Å². The van der Waals surface area contributed by atoms with Crippen LogP contribution in [0.2, 0.25) is 0 Å². The number of aromatic nitrogens is 1. The second kappa shape index (κ2) is 7.75. The molecule has 1 aliphatic carbocycles. The fourth-order valence-corrected chi connectivity index (χ4v) is 5.11. The number of rotatable bonds is 4. The second-order valence-electron chi connectivity index (χ2n) is 6.53. The Morgan fingerprint density at radius 3 is 2.39 bits per heavy atom. The number of hydrogen-bond donors (Lipinski definition) is 3. The molecule has 2 aromatic rings. The lowest BCUT2D eigenvalue weighted by atomic mass is 10.1. The molecule has 2 aliphatic rings. The molecular formula is C19H15N3O6S3. The summed E-state index contributed by atoms with van der Waals surface area (Å²) >= 11 is 1.45. The third kappa shape index (κ3) is 4.35. The molecule has 4 rings (SSSR count). The molecule has 0 saturated carbocycles. The first-order valence-electron chi connectivity index (χ1n) is 8.72. The summed E-state index contributed by atoms with van der Waals surface area (Å²) in [6.45, 7) is 0.0488. The summed E-state index contributed by atoms with van der Waals surface area (Å²) in [7, 11) is -9.34. The molecule has 1 aliphatic heterocycles. The Morgan fingerprint density at radius 1 is 0.968 bits per heavy atom. The Bertz CT molecular complexity index is 1580. The van der Waals surface area contributed by atoms with Crippen LogP contribution in [0, 0.1) is 0 Å². The van der Waals surface area contributed by atoms with Gasteiger partial charge in [0.1, 0.15) is 4.90 Å². The Labute approximate surface area is 181 Å². The smallest absolute Gasteiger partial charge is 0.296 e. The molecule has 0 saturated heterocycles. The van der Waals surface area contributed by atoms with E-state index in [1.165, 1.54) is 11.3 Å². The van der Waals surface area contributed by atoms with Crippen LogP contribution in [0.15, 0.2) is 69.4 Å². The number of fused-ring (bicyclic) bond motifs is 2. The second-order valence-corrected chi connectivity index (χ2v) is 10.4. The van der Waals surface area contributed by atoms with E-state index >= 15 is 0 Å². The van der Waals surface area contributed by atoms with E-state index in [9.17, 15) is 25.9 Å². The molecule has 160 valence electrons. The van der Waals surface area contributed by atoms with Crippen LogP contribution in [-0.2, 0) is 26.8 Å². The molecule has 31 heavy (non-hydrogen) atoms. The third-order valence-electron chi connectivity index (χ3n) is 4.45. The van der Waals surface area contributed by atoms with Crippen LogP contribution < -0.4 is 11.1 Å². The maximum atomic E-state index is 11.8. The summed E-state index contributed by atoms with van der Waals surface area (Å²) < 4.78 is 66.3. The van der Waals surface area contributed by atoms with Gasteiger partial charge in [0.25, 0.3) is 20.2 Å². The Morgan fingerprint density at radius 2 is 1.71 bits per heavy atom. The van der Waals surface area contributed by atoms with Gasteiger partial charge in [-0.2, -0.15) is 16.8 Å². The molecule has 0 unspecified atom stereocenters. The molecule has 0 atom stereocenters. The summed E-state index contributed by atoms with van der Waals surface area (Å²) in [5, 5.41) is 0.278. The van der Waals surface area contributed by atoms with Gasteiger partial charge in [0.05, 0.1) is 36.7 Å². The van der Waals surface area contributed by atoms with Gasteiger partial charge < -0.3 is 5.73 Å². The fraction of sp³-hybridized carbons (Fsp3) is 0.0526. The van der Waals surface area contributed by atoms with Crippen LogP contribution in [0.3, 0.4) is 0 Å². The zero-order valence-electron chi connectivity index (χ0n) is 15.6. The van der Waals surface area contributed by atoms with Crippen LogP contribution in [-0.4, -0.2) is 30.9 Å². The Hall–Kier alpha value is -2.74. The molecular weight excluding hydrogens is 462 g/mol. The van der Waals surface area contributed by atoms with E-state index in [4.69, 9.17) is 5.73 Å². The van der Waals surface area contributed by atoms with Gasteiger partial charge >= 0.3 is 0 Å². The van der Waals surface area contributed by atoms with E-state index in [-0.39, 0.29) is 17.6 Å². The molecule has 0 amide bonds. The van der Waals surface area contributed by atoms with Gasteiger partial charge in [-0.3, -0.25) is 9.11 Å². The van der Waals surface area contributed by atoms with Gasteiger partial charge in [-0.1, -0.05) is 12.1 Å². The first-order chi connectivity index (χ1) is 14.6. The van der Waals surface area contributed by atoms with Crippen molar-refractivity contribution >= 4 is 47.5 Å².